The number of carboxylic acids is 1. The van der Waals surface area contributed by atoms with Gasteiger partial charge in [-0.25, -0.2) is 4.79 Å². The molecule has 100 valence electrons. The van der Waals surface area contributed by atoms with Gasteiger partial charge in [0.15, 0.2) is 0 Å². The van der Waals surface area contributed by atoms with E-state index in [1.807, 2.05) is 13.0 Å². The molecule has 2 unspecified atom stereocenters. The van der Waals surface area contributed by atoms with E-state index >= 15 is 0 Å². The molecule has 0 saturated heterocycles. The normalized spacial score (nSPS) is 23.0. The Kier molecular flexibility index (Phi) is 3.03. The van der Waals surface area contributed by atoms with Gasteiger partial charge in [-0.3, -0.25) is 0 Å². The van der Waals surface area contributed by atoms with Crippen molar-refractivity contribution in [1.82, 2.24) is 0 Å². The standard InChI is InChI=1S/C15H16O4/c1-9-5-10(7-18-8-14(16)17)15-12(6-9)11-3-2-4-13(11)19-15/h2-3,5-6,11,13H,4,7-8H2,1H3,(H,16,17). The van der Waals surface area contributed by atoms with E-state index in [0.717, 1.165) is 23.3 Å². The van der Waals surface area contributed by atoms with E-state index in [1.165, 1.54) is 5.56 Å². The zero-order valence-electron chi connectivity index (χ0n) is 10.8. The molecule has 0 spiro atoms. The highest BCUT2D eigenvalue weighted by Gasteiger charge is 2.36. The van der Waals surface area contributed by atoms with Gasteiger partial charge in [-0.05, 0) is 6.92 Å². The Labute approximate surface area is 111 Å². The van der Waals surface area contributed by atoms with Crippen molar-refractivity contribution in [2.24, 2.45) is 0 Å². The number of carboxylic acid groups (broad SMARTS) is 1. The van der Waals surface area contributed by atoms with Crippen LogP contribution in [-0.2, 0) is 16.1 Å². The molecule has 4 heteroatoms. The predicted octanol–water partition coefficient (Wildman–Crippen LogP) is 2.40. The van der Waals surface area contributed by atoms with Gasteiger partial charge in [0.05, 0.1) is 6.61 Å². The number of carbonyl (C=O) groups is 1. The molecule has 1 aliphatic carbocycles. The van der Waals surface area contributed by atoms with Crippen LogP contribution >= 0.6 is 0 Å². The molecule has 1 aliphatic heterocycles. The minimum Gasteiger partial charge on any atom is -0.488 e. The second-order valence-electron chi connectivity index (χ2n) is 5.07. The van der Waals surface area contributed by atoms with Crippen molar-refractivity contribution in [3.8, 4) is 5.75 Å². The van der Waals surface area contributed by atoms with Crippen LogP contribution in [-0.4, -0.2) is 23.8 Å². The van der Waals surface area contributed by atoms with Gasteiger partial charge in [-0.1, -0.05) is 29.8 Å². The van der Waals surface area contributed by atoms with Gasteiger partial charge in [0.25, 0.3) is 0 Å². The molecule has 0 bridgehead atoms. The third kappa shape index (κ3) is 2.24. The summed E-state index contributed by atoms with van der Waals surface area (Å²) >= 11 is 0. The molecule has 0 saturated carbocycles. The number of aliphatic carboxylic acids is 1. The first kappa shape index (κ1) is 12.2. The van der Waals surface area contributed by atoms with Crippen molar-refractivity contribution in [3.63, 3.8) is 0 Å². The fourth-order valence-corrected chi connectivity index (χ4v) is 2.83. The van der Waals surface area contributed by atoms with Gasteiger partial charge in [0, 0.05) is 23.5 Å². The zero-order valence-corrected chi connectivity index (χ0v) is 10.8. The first-order valence-electron chi connectivity index (χ1n) is 6.41. The number of ether oxygens (including phenoxy) is 2. The Morgan fingerprint density at radius 1 is 1.53 bits per heavy atom. The first-order valence-corrected chi connectivity index (χ1v) is 6.41. The lowest BCUT2D eigenvalue weighted by Crippen LogP contribution is -2.12. The van der Waals surface area contributed by atoms with Gasteiger partial charge >= 0.3 is 5.97 Å². The number of hydrogen-bond donors (Lipinski definition) is 1. The molecule has 1 aromatic carbocycles. The molecule has 0 radical (unpaired) electrons. The van der Waals surface area contributed by atoms with E-state index in [0.29, 0.717) is 5.92 Å². The Balaban J connectivity index is 1.85. The van der Waals surface area contributed by atoms with Gasteiger partial charge in [-0.15, -0.1) is 0 Å². The van der Waals surface area contributed by atoms with Crippen molar-refractivity contribution >= 4 is 5.97 Å². The fourth-order valence-electron chi connectivity index (χ4n) is 2.83. The topological polar surface area (TPSA) is 55.8 Å². The molecule has 0 fully saturated rings. The van der Waals surface area contributed by atoms with Crippen LogP contribution in [0.15, 0.2) is 24.3 Å². The highest BCUT2D eigenvalue weighted by atomic mass is 16.5. The zero-order chi connectivity index (χ0) is 13.4. The second-order valence-corrected chi connectivity index (χ2v) is 5.07. The van der Waals surface area contributed by atoms with Crippen LogP contribution in [0.25, 0.3) is 0 Å². The average molecular weight is 260 g/mol. The fraction of sp³-hybridized carbons (Fsp3) is 0.400. The van der Waals surface area contributed by atoms with Crippen molar-refractivity contribution in [1.29, 1.82) is 0 Å². The Morgan fingerprint density at radius 3 is 3.16 bits per heavy atom. The van der Waals surface area contributed by atoms with E-state index in [-0.39, 0.29) is 19.3 Å². The van der Waals surface area contributed by atoms with Crippen molar-refractivity contribution in [2.75, 3.05) is 6.61 Å². The highest BCUT2D eigenvalue weighted by molar-refractivity contribution is 5.68. The molecule has 1 heterocycles. The molecule has 2 atom stereocenters. The summed E-state index contributed by atoms with van der Waals surface area (Å²) in [5.41, 5.74) is 3.30. The molecule has 19 heavy (non-hydrogen) atoms. The Bertz CT molecular complexity index is 547. The van der Waals surface area contributed by atoms with Crippen molar-refractivity contribution in [3.05, 3.63) is 41.0 Å². The van der Waals surface area contributed by atoms with Gasteiger partial charge in [-0.2, -0.15) is 0 Å². The van der Waals surface area contributed by atoms with Crippen molar-refractivity contribution < 1.29 is 19.4 Å². The molecule has 2 aliphatic rings. The van der Waals surface area contributed by atoms with Crippen LogP contribution < -0.4 is 4.74 Å². The maximum atomic E-state index is 10.5. The first-order chi connectivity index (χ1) is 9.15. The Hall–Kier alpha value is -1.81. The minimum atomic E-state index is -0.954. The monoisotopic (exact) mass is 260 g/mol. The maximum absolute atomic E-state index is 10.5. The number of hydrogen-bond acceptors (Lipinski definition) is 3. The highest BCUT2D eigenvalue weighted by Crippen LogP contribution is 2.46. The van der Waals surface area contributed by atoms with Crippen LogP contribution in [0.4, 0.5) is 0 Å². The minimum absolute atomic E-state index is 0.204. The van der Waals surface area contributed by atoms with Crippen molar-refractivity contribution in [2.45, 2.75) is 32.0 Å². The third-order valence-corrected chi connectivity index (χ3v) is 3.56. The quantitative estimate of drug-likeness (QED) is 0.845. The molecule has 1 aromatic rings. The number of aryl methyl sites for hydroxylation is 1. The molecular formula is C15H16O4. The lowest BCUT2D eigenvalue weighted by molar-refractivity contribution is -0.142. The number of benzene rings is 1. The SMILES string of the molecule is Cc1cc(COCC(=O)O)c2c(c1)C1C=CCC1O2. The lowest BCUT2D eigenvalue weighted by atomic mass is 9.95. The van der Waals surface area contributed by atoms with Gasteiger partial charge < -0.3 is 14.6 Å². The predicted molar refractivity (Wildman–Crippen MR) is 69.4 cm³/mol. The van der Waals surface area contributed by atoms with E-state index in [9.17, 15) is 4.79 Å². The largest absolute Gasteiger partial charge is 0.488 e. The molecular weight excluding hydrogens is 244 g/mol. The van der Waals surface area contributed by atoms with Gasteiger partial charge in [0.2, 0.25) is 0 Å². The summed E-state index contributed by atoms with van der Waals surface area (Å²) in [5.74, 6) is 0.272. The third-order valence-electron chi connectivity index (χ3n) is 3.56. The summed E-state index contributed by atoms with van der Waals surface area (Å²) in [6.45, 7) is 2.03. The molecule has 0 aromatic heterocycles. The smallest absolute Gasteiger partial charge is 0.329 e. The molecule has 4 nitrogen and oxygen atoms in total. The number of fused-ring (bicyclic) bond motifs is 3. The summed E-state index contributed by atoms with van der Waals surface area (Å²) in [4.78, 5) is 10.5. The number of rotatable bonds is 4. The summed E-state index contributed by atoms with van der Waals surface area (Å²) in [6, 6.07) is 4.15. The van der Waals surface area contributed by atoms with Crippen LogP contribution in [0.2, 0.25) is 0 Å². The summed E-state index contributed by atoms with van der Waals surface area (Å²) in [7, 11) is 0. The van der Waals surface area contributed by atoms with Crippen LogP contribution in [0, 0.1) is 6.92 Å². The maximum Gasteiger partial charge on any atom is 0.329 e. The van der Waals surface area contributed by atoms with Gasteiger partial charge in [0.1, 0.15) is 18.5 Å². The summed E-state index contributed by atoms with van der Waals surface area (Å²) < 4.78 is 11.2. The van der Waals surface area contributed by atoms with Crippen LogP contribution in [0.3, 0.4) is 0 Å². The Morgan fingerprint density at radius 2 is 2.37 bits per heavy atom. The van der Waals surface area contributed by atoms with E-state index in [2.05, 4.69) is 18.2 Å². The summed E-state index contributed by atoms with van der Waals surface area (Å²) in [6.07, 6.45) is 5.49. The average Bonchev–Trinajstić information content (AvgIpc) is 2.90. The van der Waals surface area contributed by atoms with Crippen LogP contribution in [0.1, 0.15) is 29.0 Å². The second kappa shape index (κ2) is 4.70. The molecule has 3 rings (SSSR count). The van der Waals surface area contributed by atoms with E-state index in [1.54, 1.807) is 0 Å². The van der Waals surface area contributed by atoms with Crippen LogP contribution in [0.5, 0.6) is 5.75 Å². The molecule has 0 amide bonds. The lowest BCUT2D eigenvalue weighted by Gasteiger charge is -2.11. The van der Waals surface area contributed by atoms with E-state index in [4.69, 9.17) is 14.6 Å². The van der Waals surface area contributed by atoms with E-state index < -0.39 is 5.97 Å². The summed E-state index contributed by atoms with van der Waals surface area (Å²) in [5, 5.41) is 8.61. The molecule has 1 N–H and O–H groups in total.